The zero-order valence-corrected chi connectivity index (χ0v) is 17.1. The Hall–Kier alpha value is -2.41. The molecule has 0 saturated carbocycles. The molecule has 2 N–H and O–H groups in total. The minimum absolute atomic E-state index is 0.0857. The highest BCUT2D eigenvalue weighted by molar-refractivity contribution is 7.92. The Morgan fingerprint density at radius 1 is 1.21 bits per heavy atom. The molecule has 28 heavy (non-hydrogen) atoms. The summed E-state index contributed by atoms with van der Waals surface area (Å²) in [5.74, 6) is -0.774. The number of aryl methyl sites for hydroxylation is 2. The average Bonchev–Trinajstić information content (AvgIpc) is 2.62. The van der Waals surface area contributed by atoms with Crippen molar-refractivity contribution < 1.29 is 17.6 Å². The van der Waals surface area contributed by atoms with Gasteiger partial charge in [0.25, 0.3) is 0 Å². The van der Waals surface area contributed by atoms with Gasteiger partial charge >= 0.3 is 0 Å². The Labute approximate surface area is 165 Å². The Morgan fingerprint density at radius 2 is 1.89 bits per heavy atom. The van der Waals surface area contributed by atoms with Gasteiger partial charge in [-0.1, -0.05) is 24.3 Å². The van der Waals surface area contributed by atoms with E-state index in [1.807, 2.05) is 12.1 Å². The Balaban J connectivity index is 1.72. The molecule has 0 fully saturated rings. The van der Waals surface area contributed by atoms with Crippen molar-refractivity contribution in [2.75, 3.05) is 11.0 Å². The largest absolute Gasteiger partial charge is 0.349 e. The number of benzene rings is 2. The van der Waals surface area contributed by atoms with Gasteiger partial charge < -0.3 is 5.32 Å². The highest BCUT2D eigenvalue weighted by atomic mass is 32.2. The predicted octanol–water partition coefficient (Wildman–Crippen LogP) is 3.49. The van der Waals surface area contributed by atoms with Crippen molar-refractivity contribution in [2.45, 2.75) is 39.2 Å². The highest BCUT2D eigenvalue weighted by Crippen LogP contribution is 2.28. The van der Waals surface area contributed by atoms with E-state index in [2.05, 4.69) is 22.2 Å². The van der Waals surface area contributed by atoms with Gasteiger partial charge in [-0.2, -0.15) is 0 Å². The first kappa shape index (κ1) is 20.3. The molecule has 5 nitrogen and oxygen atoms in total. The molecular weight excluding hydrogens is 379 g/mol. The van der Waals surface area contributed by atoms with Gasteiger partial charge in [-0.15, -0.1) is 0 Å². The number of hydrogen-bond acceptors (Lipinski definition) is 3. The van der Waals surface area contributed by atoms with E-state index in [1.165, 1.54) is 11.1 Å². The summed E-state index contributed by atoms with van der Waals surface area (Å²) in [4.78, 5) is 12.7. The van der Waals surface area contributed by atoms with Gasteiger partial charge in [0.05, 0.1) is 18.0 Å². The number of sulfonamides is 1. The van der Waals surface area contributed by atoms with E-state index >= 15 is 0 Å². The van der Waals surface area contributed by atoms with Crippen LogP contribution in [0.2, 0.25) is 0 Å². The first-order valence-corrected chi connectivity index (χ1v) is 11.2. The lowest BCUT2D eigenvalue weighted by Crippen LogP contribution is -2.36. The molecule has 0 aliphatic heterocycles. The third kappa shape index (κ3) is 4.70. The van der Waals surface area contributed by atoms with Crippen molar-refractivity contribution in [3.63, 3.8) is 0 Å². The average molecular weight is 405 g/mol. The van der Waals surface area contributed by atoms with Crippen molar-refractivity contribution in [3.8, 4) is 0 Å². The van der Waals surface area contributed by atoms with E-state index in [9.17, 15) is 17.6 Å². The minimum atomic E-state index is -3.49. The third-order valence-corrected chi connectivity index (χ3v) is 5.77. The molecule has 0 saturated heterocycles. The third-order valence-electron chi connectivity index (χ3n) is 5.18. The SMILES string of the molecule is Cc1cc([C@@H](C)NC(=O)C2CCc3ccccc3C2)c(F)cc1NS(C)(=O)=O. The molecule has 0 bridgehead atoms. The van der Waals surface area contributed by atoms with Crippen molar-refractivity contribution in [2.24, 2.45) is 5.92 Å². The lowest BCUT2D eigenvalue weighted by Gasteiger charge is -2.26. The molecule has 0 spiro atoms. The van der Waals surface area contributed by atoms with Gasteiger partial charge in [-0.25, -0.2) is 12.8 Å². The number of nitrogens with one attached hydrogen (secondary N) is 2. The standard InChI is InChI=1S/C21H25FN2O3S/c1-13-10-18(19(22)12-20(13)24-28(3,26)27)14(2)23-21(25)17-9-8-15-6-4-5-7-16(15)11-17/h4-7,10,12,14,17,24H,8-9,11H2,1-3H3,(H,23,25)/t14-,17?/m1/s1. The van der Waals surface area contributed by atoms with Crippen molar-refractivity contribution in [3.05, 3.63) is 64.5 Å². The number of halogens is 1. The second-order valence-electron chi connectivity index (χ2n) is 7.50. The molecular formula is C21H25FN2O3S. The second-order valence-corrected chi connectivity index (χ2v) is 9.25. The van der Waals surface area contributed by atoms with Crippen molar-refractivity contribution in [1.82, 2.24) is 5.32 Å². The Bertz CT molecular complexity index is 1000. The lowest BCUT2D eigenvalue weighted by atomic mass is 9.83. The topological polar surface area (TPSA) is 75.3 Å². The van der Waals surface area contributed by atoms with Gasteiger partial charge in [-0.05, 0) is 61.9 Å². The molecule has 7 heteroatoms. The summed E-state index contributed by atoms with van der Waals surface area (Å²) < 4.78 is 39.7. The van der Waals surface area contributed by atoms with Gasteiger partial charge in [-0.3, -0.25) is 9.52 Å². The lowest BCUT2D eigenvalue weighted by molar-refractivity contribution is -0.126. The van der Waals surface area contributed by atoms with Crippen LogP contribution in [0.4, 0.5) is 10.1 Å². The van der Waals surface area contributed by atoms with E-state index in [0.717, 1.165) is 25.2 Å². The number of hydrogen-bond donors (Lipinski definition) is 2. The molecule has 150 valence electrons. The molecule has 0 radical (unpaired) electrons. The maximum Gasteiger partial charge on any atom is 0.229 e. The van der Waals surface area contributed by atoms with Crippen LogP contribution in [0.15, 0.2) is 36.4 Å². The number of carbonyl (C=O) groups is 1. The molecule has 2 aromatic carbocycles. The zero-order valence-electron chi connectivity index (χ0n) is 16.3. The first-order chi connectivity index (χ1) is 13.1. The summed E-state index contributed by atoms with van der Waals surface area (Å²) in [6, 6.07) is 10.3. The number of anilines is 1. The van der Waals surface area contributed by atoms with Crippen LogP contribution in [0, 0.1) is 18.7 Å². The van der Waals surface area contributed by atoms with E-state index < -0.39 is 21.9 Å². The summed E-state index contributed by atoms with van der Waals surface area (Å²) >= 11 is 0. The Kier molecular flexibility index (Phi) is 5.74. The number of fused-ring (bicyclic) bond motifs is 1. The maximum absolute atomic E-state index is 14.6. The van der Waals surface area contributed by atoms with Crippen LogP contribution in [0.1, 0.15) is 41.6 Å². The number of rotatable bonds is 5. The van der Waals surface area contributed by atoms with Gasteiger partial charge in [0.15, 0.2) is 0 Å². The van der Waals surface area contributed by atoms with Crippen LogP contribution in [0.3, 0.4) is 0 Å². The fraction of sp³-hybridized carbons (Fsp3) is 0.381. The van der Waals surface area contributed by atoms with E-state index in [4.69, 9.17) is 0 Å². The van der Waals surface area contributed by atoms with E-state index in [-0.39, 0.29) is 17.5 Å². The molecule has 1 unspecified atom stereocenters. The van der Waals surface area contributed by atoms with Crippen molar-refractivity contribution >= 4 is 21.6 Å². The maximum atomic E-state index is 14.6. The second kappa shape index (κ2) is 7.91. The molecule has 0 heterocycles. The first-order valence-electron chi connectivity index (χ1n) is 9.29. The smallest absolute Gasteiger partial charge is 0.229 e. The van der Waals surface area contributed by atoms with E-state index in [1.54, 1.807) is 19.9 Å². The van der Waals surface area contributed by atoms with Crippen LogP contribution in [-0.4, -0.2) is 20.6 Å². The Morgan fingerprint density at radius 3 is 2.57 bits per heavy atom. The van der Waals surface area contributed by atoms with Crippen LogP contribution in [0.5, 0.6) is 0 Å². The van der Waals surface area contributed by atoms with Crippen molar-refractivity contribution in [1.29, 1.82) is 0 Å². The number of carbonyl (C=O) groups excluding carboxylic acids is 1. The number of amides is 1. The van der Waals surface area contributed by atoms with Gasteiger partial charge in [0.1, 0.15) is 5.82 Å². The normalized spacial score (nSPS) is 17.5. The predicted molar refractivity (Wildman–Crippen MR) is 108 cm³/mol. The highest BCUT2D eigenvalue weighted by Gasteiger charge is 2.26. The fourth-order valence-corrected chi connectivity index (χ4v) is 4.30. The van der Waals surface area contributed by atoms with Crippen LogP contribution >= 0.6 is 0 Å². The molecule has 0 aromatic heterocycles. The van der Waals surface area contributed by atoms with Crippen LogP contribution in [-0.2, 0) is 27.7 Å². The quantitative estimate of drug-likeness (QED) is 0.801. The summed E-state index contributed by atoms with van der Waals surface area (Å²) in [5.41, 5.74) is 3.61. The summed E-state index contributed by atoms with van der Waals surface area (Å²) in [7, 11) is -3.49. The summed E-state index contributed by atoms with van der Waals surface area (Å²) in [6.07, 6.45) is 3.34. The monoisotopic (exact) mass is 404 g/mol. The zero-order chi connectivity index (χ0) is 20.5. The minimum Gasteiger partial charge on any atom is -0.349 e. The van der Waals surface area contributed by atoms with Crippen LogP contribution in [0.25, 0.3) is 0 Å². The van der Waals surface area contributed by atoms with Gasteiger partial charge in [0.2, 0.25) is 15.9 Å². The fourth-order valence-electron chi connectivity index (χ4n) is 3.68. The molecule has 2 aromatic rings. The summed E-state index contributed by atoms with van der Waals surface area (Å²) in [5, 5.41) is 2.91. The van der Waals surface area contributed by atoms with E-state index in [0.29, 0.717) is 17.5 Å². The van der Waals surface area contributed by atoms with Crippen LogP contribution < -0.4 is 10.0 Å². The summed E-state index contributed by atoms with van der Waals surface area (Å²) in [6.45, 7) is 3.43. The molecule has 1 aliphatic carbocycles. The molecule has 2 atom stereocenters. The van der Waals surface area contributed by atoms with Gasteiger partial charge in [0, 0.05) is 11.5 Å². The molecule has 3 rings (SSSR count). The molecule has 1 amide bonds. The molecule has 1 aliphatic rings.